The molecule has 0 saturated heterocycles. The summed E-state index contributed by atoms with van der Waals surface area (Å²) in [5.41, 5.74) is 2.23. The Balaban J connectivity index is 1.46. The van der Waals surface area contributed by atoms with Crippen molar-refractivity contribution < 1.29 is 9.22 Å². The van der Waals surface area contributed by atoms with E-state index in [4.69, 9.17) is 32.7 Å². The molecule has 1 N–H and O–H groups in total. The first kappa shape index (κ1) is 29.6. The summed E-state index contributed by atoms with van der Waals surface area (Å²) in [6.45, 7) is 11.4. The van der Waals surface area contributed by atoms with Crippen LogP contribution in [-0.2, 0) is 4.43 Å². The Morgan fingerprint density at radius 2 is 1.63 bits per heavy atom. The van der Waals surface area contributed by atoms with Crippen molar-refractivity contribution >= 4 is 60.0 Å². The molecule has 9 heteroatoms. The van der Waals surface area contributed by atoms with Crippen LogP contribution in [0.2, 0.25) is 28.2 Å². The Kier molecular flexibility index (Phi) is 8.53. The maximum Gasteiger partial charge on any atom is 0.327 e. The summed E-state index contributed by atoms with van der Waals surface area (Å²) in [4.78, 5) is 15.9. The fourth-order valence-corrected chi connectivity index (χ4v) is 6.84. The topological polar surface area (TPSA) is 59.4 Å². The molecule has 0 atom stereocenters. The number of anilines is 2. The highest BCUT2D eigenvalue weighted by molar-refractivity contribution is 6.74. The zero-order chi connectivity index (χ0) is 29.4. The van der Waals surface area contributed by atoms with Crippen LogP contribution in [0.15, 0.2) is 72.8 Å². The van der Waals surface area contributed by atoms with Gasteiger partial charge >= 0.3 is 6.03 Å². The predicted octanol–water partition coefficient (Wildman–Crippen LogP) is 9.51. The third-order valence-corrected chi connectivity index (χ3v) is 13.4. The molecule has 0 unspecified atom stereocenters. The Bertz CT molecular complexity index is 1520. The van der Waals surface area contributed by atoms with Crippen LogP contribution in [0.25, 0.3) is 16.6 Å². The summed E-state index contributed by atoms with van der Waals surface area (Å²) < 4.78 is 8.48. The van der Waals surface area contributed by atoms with E-state index < -0.39 is 8.32 Å². The van der Waals surface area contributed by atoms with Crippen molar-refractivity contribution in [1.82, 2.24) is 15.1 Å². The highest BCUT2D eigenvalue weighted by atomic mass is 35.5. The van der Waals surface area contributed by atoms with Crippen molar-refractivity contribution in [3.63, 3.8) is 0 Å². The highest BCUT2D eigenvalue weighted by Crippen LogP contribution is 2.40. The number of hydrogen-bond acceptors (Lipinski definition) is 3. The predicted molar refractivity (Wildman–Crippen MR) is 173 cm³/mol. The van der Waals surface area contributed by atoms with Gasteiger partial charge in [0, 0.05) is 27.6 Å². The number of amides is 2. The molecule has 1 aliphatic carbocycles. The SMILES string of the molecule is CC(C)(C)[Si](C)(C)OC1CCC(NC(=O)N(c2cccc(Cl)c2)c2c3ccccc3nn2-c2ccc(Cl)cc2)CC1. The lowest BCUT2D eigenvalue weighted by Crippen LogP contribution is -2.48. The average Bonchev–Trinajstić information content (AvgIpc) is 3.29. The molecule has 3 aromatic carbocycles. The fourth-order valence-electron chi connectivity index (χ4n) is 5.11. The lowest BCUT2D eigenvalue weighted by Gasteiger charge is -2.41. The van der Waals surface area contributed by atoms with Crippen LogP contribution >= 0.6 is 23.2 Å². The molecule has 0 spiro atoms. The second-order valence-electron chi connectivity index (χ2n) is 12.3. The maximum absolute atomic E-state index is 14.2. The third kappa shape index (κ3) is 6.48. The van der Waals surface area contributed by atoms with Gasteiger partial charge in [-0.05, 0) is 98.4 Å². The van der Waals surface area contributed by atoms with Gasteiger partial charge in [0.05, 0.1) is 16.9 Å². The number of benzene rings is 3. The van der Waals surface area contributed by atoms with Crippen LogP contribution in [0.3, 0.4) is 0 Å². The van der Waals surface area contributed by atoms with Gasteiger partial charge in [-0.15, -0.1) is 0 Å². The largest absolute Gasteiger partial charge is 0.414 e. The second kappa shape index (κ2) is 11.8. The van der Waals surface area contributed by atoms with Crippen LogP contribution in [-0.4, -0.2) is 36.3 Å². The maximum atomic E-state index is 14.2. The van der Waals surface area contributed by atoms with Crippen molar-refractivity contribution in [2.75, 3.05) is 4.90 Å². The van der Waals surface area contributed by atoms with Gasteiger partial charge in [-0.2, -0.15) is 5.10 Å². The lowest BCUT2D eigenvalue weighted by atomic mass is 9.93. The number of carbonyl (C=O) groups is 1. The van der Waals surface area contributed by atoms with E-state index in [1.807, 2.05) is 60.7 Å². The zero-order valence-corrected chi connectivity index (χ0v) is 26.8. The molecule has 216 valence electrons. The van der Waals surface area contributed by atoms with E-state index in [1.165, 1.54) is 0 Å². The number of hydrogen-bond donors (Lipinski definition) is 1. The molecule has 1 heterocycles. The molecule has 1 fully saturated rings. The number of aromatic nitrogens is 2. The number of nitrogens with one attached hydrogen (secondary N) is 1. The van der Waals surface area contributed by atoms with Crippen LogP contribution in [0.5, 0.6) is 0 Å². The molecule has 1 aliphatic rings. The van der Waals surface area contributed by atoms with Crippen LogP contribution in [0, 0.1) is 0 Å². The van der Waals surface area contributed by atoms with E-state index >= 15 is 0 Å². The van der Waals surface area contributed by atoms with Gasteiger partial charge in [-0.3, -0.25) is 0 Å². The molecule has 0 radical (unpaired) electrons. The summed E-state index contributed by atoms with van der Waals surface area (Å²) in [5, 5.41) is 10.4. The molecule has 1 aromatic heterocycles. The Morgan fingerprint density at radius 1 is 0.951 bits per heavy atom. The minimum Gasteiger partial charge on any atom is -0.414 e. The van der Waals surface area contributed by atoms with Gasteiger partial charge < -0.3 is 9.74 Å². The first-order chi connectivity index (χ1) is 19.4. The normalized spacial score (nSPS) is 17.9. The summed E-state index contributed by atoms with van der Waals surface area (Å²) in [6.07, 6.45) is 3.83. The van der Waals surface area contributed by atoms with Gasteiger partial charge in [-0.25, -0.2) is 14.4 Å². The van der Waals surface area contributed by atoms with Crippen LogP contribution in [0.4, 0.5) is 16.3 Å². The second-order valence-corrected chi connectivity index (χ2v) is 18.0. The molecule has 1 saturated carbocycles. The van der Waals surface area contributed by atoms with Crippen molar-refractivity contribution in [3.05, 3.63) is 82.8 Å². The molecule has 5 rings (SSSR count). The molecular weight excluding hydrogens is 571 g/mol. The van der Waals surface area contributed by atoms with Gasteiger partial charge in [0.25, 0.3) is 0 Å². The molecule has 4 aromatic rings. The Hall–Kier alpha value is -2.84. The summed E-state index contributed by atoms with van der Waals surface area (Å²) in [6, 6.07) is 22.4. The number of nitrogens with zero attached hydrogens (tertiary/aromatic N) is 3. The quantitative estimate of drug-likeness (QED) is 0.222. The smallest absolute Gasteiger partial charge is 0.327 e. The molecule has 0 bridgehead atoms. The van der Waals surface area contributed by atoms with E-state index in [0.717, 1.165) is 42.3 Å². The molecule has 2 amide bonds. The van der Waals surface area contributed by atoms with Gasteiger partial charge in [0.1, 0.15) is 0 Å². The molecular formula is C32H38Cl2N4O2Si. The third-order valence-electron chi connectivity index (χ3n) is 8.38. The number of rotatable bonds is 6. The Morgan fingerprint density at radius 3 is 2.29 bits per heavy atom. The number of fused-ring (bicyclic) bond motifs is 1. The van der Waals surface area contributed by atoms with E-state index in [2.05, 4.69) is 39.2 Å². The van der Waals surface area contributed by atoms with E-state index in [0.29, 0.717) is 21.6 Å². The van der Waals surface area contributed by atoms with Gasteiger partial charge in [0.15, 0.2) is 14.1 Å². The minimum absolute atomic E-state index is 0.0432. The number of halogens is 2. The van der Waals surface area contributed by atoms with Crippen molar-refractivity contribution in [2.24, 2.45) is 0 Å². The van der Waals surface area contributed by atoms with E-state index in [-0.39, 0.29) is 23.2 Å². The standard InChI is InChI=1S/C32H38Cl2N4O2Si/c1-32(2,3)41(4,5)40-27-19-15-24(16-20-27)35-31(39)37(26-10-8-9-23(34)21-26)30-28-11-6-7-12-29(28)36-38(30)25-17-13-22(33)14-18-25/h6-14,17-18,21,24,27H,15-16,19-20H2,1-5H3,(H,35,39). The van der Waals surface area contributed by atoms with Crippen molar-refractivity contribution in [1.29, 1.82) is 0 Å². The molecule has 41 heavy (non-hydrogen) atoms. The average molecular weight is 610 g/mol. The summed E-state index contributed by atoms with van der Waals surface area (Å²) >= 11 is 12.6. The fraction of sp³-hybridized carbons (Fsp3) is 0.375. The van der Waals surface area contributed by atoms with Gasteiger partial charge in [-0.1, -0.05) is 62.2 Å². The van der Waals surface area contributed by atoms with E-state index in [9.17, 15) is 4.79 Å². The Labute approximate surface area is 253 Å². The zero-order valence-electron chi connectivity index (χ0n) is 24.3. The van der Waals surface area contributed by atoms with Gasteiger partial charge in [0.2, 0.25) is 0 Å². The van der Waals surface area contributed by atoms with E-state index in [1.54, 1.807) is 21.7 Å². The van der Waals surface area contributed by atoms with Crippen LogP contribution < -0.4 is 10.2 Å². The first-order valence-corrected chi connectivity index (χ1v) is 17.9. The van der Waals surface area contributed by atoms with Crippen LogP contribution in [0.1, 0.15) is 46.5 Å². The summed E-state index contributed by atoms with van der Waals surface area (Å²) in [7, 11) is -1.84. The van der Waals surface area contributed by atoms with Crippen molar-refractivity contribution in [3.8, 4) is 5.69 Å². The van der Waals surface area contributed by atoms with Crippen molar-refractivity contribution in [2.45, 2.75) is 76.7 Å². The monoisotopic (exact) mass is 608 g/mol. The lowest BCUT2D eigenvalue weighted by molar-refractivity contribution is 0.125. The summed E-state index contributed by atoms with van der Waals surface area (Å²) in [5.74, 6) is 0.637. The minimum atomic E-state index is -1.84. The number of urea groups is 1. The molecule has 6 nitrogen and oxygen atoms in total. The highest BCUT2D eigenvalue weighted by Gasteiger charge is 2.40. The number of carbonyl (C=O) groups excluding carboxylic acids is 1. The first-order valence-electron chi connectivity index (χ1n) is 14.2. The molecule has 0 aliphatic heterocycles.